The topological polar surface area (TPSA) is 55.2 Å². The second-order valence-corrected chi connectivity index (χ2v) is 8.54. The van der Waals surface area contributed by atoms with Gasteiger partial charge in [0.15, 0.2) is 5.69 Å². The van der Waals surface area contributed by atoms with Crippen LogP contribution in [0.1, 0.15) is 36.9 Å². The average Bonchev–Trinajstić information content (AvgIpc) is 3.33. The van der Waals surface area contributed by atoms with E-state index < -0.39 is 21.9 Å². The molecule has 0 spiro atoms. The summed E-state index contributed by atoms with van der Waals surface area (Å²) in [6, 6.07) is 9.83. The van der Waals surface area contributed by atoms with E-state index in [0.717, 1.165) is 42.0 Å². The fraction of sp³-hybridized carbons (Fsp3) is 0.421. The molecule has 0 unspecified atom stereocenters. The molecule has 0 aliphatic heterocycles. The highest BCUT2D eigenvalue weighted by molar-refractivity contribution is 7.92. The first kappa shape index (κ1) is 20.6. The van der Waals surface area contributed by atoms with Crippen LogP contribution in [0.15, 0.2) is 48.0 Å². The maximum absolute atomic E-state index is 12.9. The Hall–Kier alpha value is -2.13. The number of halogens is 3. The molecule has 1 aromatic heterocycles. The molecule has 2 aromatic rings. The standard InChI is InChI=1S/C19H22F3N3O2S/c20-19(21,22)18-10-12-24(23-18)13-14-25(17-8-4-5-9-17)28(26,27)15-11-16-6-2-1-3-7-16/h1-3,6-7,10-12,15,17H,4-5,8-9,13-14H2/b15-11+. The first-order valence-electron chi connectivity index (χ1n) is 9.11. The highest BCUT2D eigenvalue weighted by atomic mass is 32.2. The van der Waals surface area contributed by atoms with Gasteiger partial charge in [0.25, 0.3) is 0 Å². The first-order valence-corrected chi connectivity index (χ1v) is 10.6. The lowest BCUT2D eigenvalue weighted by Crippen LogP contribution is -2.39. The number of sulfonamides is 1. The van der Waals surface area contributed by atoms with Crippen molar-refractivity contribution in [1.82, 2.24) is 14.1 Å². The van der Waals surface area contributed by atoms with Crippen LogP contribution in [0, 0.1) is 0 Å². The quantitative estimate of drug-likeness (QED) is 0.685. The number of hydrogen-bond donors (Lipinski definition) is 0. The Morgan fingerprint density at radius 2 is 1.82 bits per heavy atom. The van der Waals surface area contributed by atoms with Crippen LogP contribution in [0.5, 0.6) is 0 Å². The van der Waals surface area contributed by atoms with E-state index >= 15 is 0 Å². The van der Waals surface area contributed by atoms with Crippen LogP contribution in [0.2, 0.25) is 0 Å². The molecule has 0 radical (unpaired) electrons. The third-order valence-electron chi connectivity index (χ3n) is 4.77. The minimum absolute atomic E-state index is 0.0605. The van der Waals surface area contributed by atoms with Crippen LogP contribution >= 0.6 is 0 Å². The van der Waals surface area contributed by atoms with Crippen LogP contribution in [0.4, 0.5) is 13.2 Å². The van der Waals surface area contributed by atoms with Gasteiger partial charge >= 0.3 is 6.18 Å². The summed E-state index contributed by atoms with van der Waals surface area (Å²) in [6.45, 7) is 0.135. The van der Waals surface area contributed by atoms with E-state index in [1.165, 1.54) is 22.0 Å². The van der Waals surface area contributed by atoms with Gasteiger partial charge in [0.05, 0.1) is 6.54 Å². The zero-order valence-corrected chi connectivity index (χ0v) is 16.0. The molecule has 1 aromatic carbocycles. The Morgan fingerprint density at radius 1 is 1.14 bits per heavy atom. The van der Waals surface area contributed by atoms with Crippen molar-refractivity contribution in [3.63, 3.8) is 0 Å². The molecule has 3 rings (SSSR count). The van der Waals surface area contributed by atoms with Crippen molar-refractivity contribution >= 4 is 16.1 Å². The van der Waals surface area contributed by atoms with E-state index in [1.54, 1.807) is 12.1 Å². The van der Waals surface area contributed by atoms with Crippen LogP contribution in [-0.4, -0.2) is 35.1 Å². The van der Waals surface area contributed by atoms with Gasteiger partial charge in [-0.15, -0.1) is 0 Å². The Morgan fingerprint density at radius 3 is 2.43 bits per heavy atom. The number of aromatic nitrogens is 2. The molecule has 1 heterocycles. The van der Waals surface area contributed by atoms with Crippen molar-refractivity contribution in [3.8, 4) is 0 Å². The average molecular weight is 413 g/mol. The van der Waals surface area contributed by atoms with Crippen molar-refractivity contribution in [2.45, 2.75) is 44.4 Å². The number of benzene rings is 1. The van der Waals surface area contributed by atoms with Crippen LogP contribution in [0.3, 0.4) is 0 Å². The van der Waals surface area contributed by atoms with E-state index in [9.17, 15) is 21.6 Å². The zero-order valence-electron chi connectivity index (χ0n) is 15.2. The molecule has 1 aliphatic rings. The summed E-state index contributed by atoms with van der Waals surface area (Å²) in [5, 5.41) is 4.68. The van der Waals surface area contributed by atoms with Gasteiger partial charge in [-0.05, 0) is 30.5 Å². The summed E-state index contributed by atoms with van der Waals surface area (Å²) in [6.07, 6.45) is 1.64. The van der Waals surface area contributed by atoms with Gasteiger partial charge < -0.3 is 0 Å². The van der Waals surface area contributed by atoms with E-state index in [2.05, 4.69) is 5.10 Å². The lowest BCUT2D eigenvalue weighted by atomic mass is 10.2. The summed E-state index contributed by atoms with van der Waals surface area (Å²) in [5.74, 6) is 0. The minimum Gasteiger partial charge on any atom is -0.271 e. The summed E-state index contributed by atoms with van der Waals surface area (Å²) in [5.41, 5.74) is -0.217. The van der Waals surface area contributed by atoms with Crippen molar-refractivity contribution in [2.24, 2.45) is 0 Å². The molecule has 5 nitrogen and oxygen atoms in total. The van der Waals surface area contributed by atoms with E-state index in [0.29, 0.717) is 0 Å². The van der Waals surface area contributed by atoms with Crippen molar-refractivity contribution < 1.29 is 21.6 Å². The molecule has 0 atom stereocenters. The minimum atomic E-state index is -4.51. The fourth-order valence-corrected chi connectivity index (χ4v) is 4.80. The van der Waals surface area contributed by atoms with Gasteiger partial charge in [-0.2, -0.15) is 22.6 Å². The predicted molar refractivity (Wildman–Crippen MR) is 101 cm³/mol. The summed E-state index contributed by atoms with van der Waals surface area (Å²) in [4.78, 5) is 0. The van der Waals surface area contributed by atoms with Gasteiger partial charge in [0.1, 0.15) is 0 Å². The van der Waals surface area contributed by atoms with Gasteiger partial charge in [-0.3, -0.25) is 4.68 Å². The molecule has 0 N–H and O–H groups in total. The van der Waals surface area contributed by atoms with Crippen LogP contribution in [0.25, 0.3) is 6.08 Å². The normalized spacial score (nSPS) is 16.4. The maximum atomic E-state index is 12.9. The highest BCUT2D eigenvalue weighted by Gasteiger charge is 2.34. The third-order valence-corrected chi connectivity index (χ3v) is 6.39. The molecule has 1 saturated carbocycles. The monoisotopic (exact) mass is 413 g/mol. The van der Waals surface area contributed by atoms with Crippen molar-refractivity contribution in [1.29, 1.82) is 0 Å². The Balaban J connectivity index is 1.75. The summed E-state index contributed by atoms with van der Waals surface area (Å²) < 4.78 is 66.5. The lowest BCUT2D eigenvalue weighted by molar-refractivity contribution is -0.141. The summed E-state index contributed by atoms with van der Waals surface area (Å²) in [7, 11) is -3.71. The SMILES string of the molecule is O=S(=O)(/C=C/c1ccccc1)N(CCn1ccc(C(F)(F)F)n1)C1CCCC1. The molecule has 1 fully saturated rings. The highest BCUT2D eigenvalue weighted by Crippen LogP contribution is 2.28. The number of hydrogen-bond acceptors (Lipinski definition) is 3. The van der Waals surface area contributed by atoms with E-state index in [-0.39, 0.29) is 19.1 Å². The lowest BCUT2D eigenvalue weighted by Gasteiger charge is -2.26. The van der Waals surface area contributed by atoms with Gasteiger partial charge in [0, 0.05) is 24.2 Å². The molecule has 0 bridgehead atoms. The molecule has 0 amide bonds. The molecular weight excluding hydrogens is 391 g/mol. The van der Waals surface area contributed by atoms with E-state index in [4.69, 9.17) is 0 Å². The fourth-order valence-electron chi connectivity index (χ4n) is 3.36. The van der Waals surface area contributed by atoms with Crippen LogP contribution in [-0.2, 0) is 22.7 Å². The van der Waals surface area contributed by atoms with Gasteiger partial charge in [0.2, 0.25) is 10.0 Å². The Kier molecular flexibility index (Phi) is 6.24. The molecule has 28 heavy (non-hydrogen) atoms. The van der Waals surface area contributed by atoms with Gasteiger partial charge in [-0.1, -0.05) is 43.2 Å². The number of rotatable bonds is 7. The maximum Gasteiger partial charge on any atom is 0.435 e. The first-order chi connectivity index (χ1) is 13.3. The largest absolute Gasteiger partial charge is 0.435 e. The second kappa shape index (κ2) is 8.48. The molecule has 9 heteroatoms. The molecule has 152 valence electrons. The zero-order chi connectivity index (χ0) is 20.2. The van der Waals surface area contributed by atoms with Gasteiger partial charge in [-0.25, -0.2) is 8.42 Å². The predicted octanol–water partition coefficient (Wildman–Crippen LogP) is 4.15. The van der Waals surface area contributed by atoms with Crippen LogP contribution < -0.4 is 0 Å². The Labute approximate surface area is 162 Å². The van der Waals surface area contributed by atoms with E-state index in [1.807, 2.05) is 18.2 Å². The number of alkyl halides is 3. The third kappa shape index (κ3) is 5.23. The second-order valence-electron chi connectivity index (χ2n) is 6.77. The van der Waals surface area contributed by atoms with Crippen molar-refractivity contribution in [3.05, 3.63) is 59.3 Å². The smallest absolute Gasteiger partial charge is 0.271 e. The molecular formula is C19H22F3N3O2S. The molecule has 0 saturated heterocycles. The molecule has 1 aliphatic carbocycles. The number of nitrogens with zero attached hydrogens (tertiary/aromatic N) is 3. The van der Waals surface area contributed by atoms with Crippen molar-refractivity contribution in [2.75, 3.05) is 6.54 Å². The Bertz CT molecular complexity index is 902. The summed E-state index contributed by atoms with van der Waals surface area (Å²) >= 11 is 0.